The number of hydrogen-bond donors (Lipinski definition) is 4. The molecular formula is C39H57N9O10. The number of aryl methyl sites for hydroxylation is 1. The molecule has 0 radical (unpaired) electrons. The van der Waals surface area contributed by atoms with E-state index in [1.54, 1.807) is 41.7 Å². The second-order valence-electron chi connectivity index (χ2n) is 15.6. The first kappa shape index (κ1) is 43.2. The Labute approximate surface area is 336 Å². The summed E-state index contributed by atoms with van der Waals surface area (Å²) < 4.78 is 28.1. The van der Waals surface area contributed by atoms with Crippen molar-refractivity contribution in [2.45, 2.75) is 154 Å². The molecule has 0 saturated carbocycles. The molecule has 0 aromatic carbocycles. The number of carbonyl (C=O) groups excluding carboxylic acids is 2. The van der Waals surface area contributed by atoms with Crippen LogP contribution in [0.5, 0.6) is 0 Å². The van der Waals surface area contributed by atoms with E-state index >= 15 is 0 Å². The van der Waals surface area contributed by atoms with Crippen LogP contribution in [0, 0.1) is 12.8 Å². The van der Waals surface area contributed by atoms with E-state index in [0.29, 0.717) is 61.9 Å². The van der Waals surface area contributed by atoms with Crippen LogP contribution in [0.4, 0.5) is 0 Å². The Morgan fingerprint density at radius 3 is 1.86 bits per heavy atom. The number of aliphatic hydroxyl groups excluding tert-OH is 2. The van der Waals surface area contributed by atoms with Gasteiger partial charge in [-0.3, -0.25) is 29.3 Å². The molecule has 0 aliphatic carbocycles. The van der Waals surface area contributed by atoms with E-state index in [0.717, 1.165) is 25.7 Å². The number of H-pyrrole nitrogens is 1. The van der Waals surface area contributed by atoms with Crippen molar-refractivity contribution in [2.75, 3.05) is 13.2 Å². The predicted octanol–water partition coefficient (Wildman–Crippen LogP) is 1.75. The van der Waals surface area contributed by atoms with Gasteiger partial charge in [0.15, 0.2) is 0 Å². The summed E-state index contributed by atoms with van der Waals surface area (Å²) >= 11 is 0. The maximum absolute atomic E-state index is 12.3. The molecule has 0 bridgehead atoms. The SMILES string of the molecule is CC1=CC([C@H]2CC(O)[C@@H](Cn3cc(COCCCCCCCCCCCCOCc4cn(C[C@H]5O[C@@H](n6cc(C)c(=O)[nH]c6=O)CC5O)nn4)nn3)O2)C(=O)NC1=O. The predicted molar refractivity (Wildman–Crippen MR) is 206 cm³/mol. The maximum atomic E-state index is 12.3. The number of aromatic amines is 1. The molecule has 3 unspecified atom stereocenters. The van der Waals surface area contributed by atoms with Gasteiger partial charge in [-0.2, -0.15) is 0 Å². The summed E-state index contributed by atoms with van der Waals surface area (Å²) in [6, 6.07) is 0. The number of nitrogens with one attached hydrogen (secondary N) is 2. The lowest BCUT2D eigenvalue weighted by atomic mass is 9.93. The highest BCUT2D eigenvalue weighted by Gasteiger charge is 2.42. The number of nitrogens with zero attached hydrogens (tertiary/aromatic N) is 7. The van der Waals surface area contributed by atoms with Gasteiger partial charge in [-0.15, -0.1) is 10.2 Å². The van der Waals surface area contributed by atoms with E-state index in [4.69, 9.17) is 18.9 Å². The molecule has 3 aromatic rings. The molecule has 0 spiro atoms. The molecule has 4 N–H and O–H groups in total. The molecule has 3 aliphatic heterocycles. The smallest absolute Gasteiger partial charge is 0.330 e. The van der Waals surface area contributed by atoms with Gasteiger partial charge in [0.1, 0.15) is 29.8 Å². The summed E-state index contributed by atoms with van der Waals surface area (Å²) in [7, 11) is 0. The van der Waals surface area contributed by atoms with Crippen molar-refractivity contribution >= 4 is 11.8 Å². The van der Waals surface area contributed by atoms with Crippen LogP contribution in [0.2, 0.25) is 0 Å². The van der Waals surface area contributed by atoms with Crippen LogP contribution < -0.4 is 16.6 Å². The summed E-state index contributed by atoms with van der Waals surface area (Å²) in [4.78, 5) is 50.2. The minimum absolute atomic E-state index is 0.222. The topological polar surface area (TPSA) is 240 Å². The van der Waals surface area contributed by atoms with Gasteiger partial charge in [-0.25, -0.2) is 14.2 Å². The minimum Gasteiger partial charge on any atom is -0.390 e. The average Bonchev–Trinajstić information content (AvgIpc) is 4.00. The average molecular weight is 812 g/mol. The number of amides is 2. The van der Waals surface area contributed by atoms with Crippen molar-refractivity contribution in [1.29, 1.82) is 0 Å². The van der Waals surface area contributed by atoms with E-state index < -0.39 is 65.7 Å². The first-order valence-electron chi connectivity index (χ1n) is 20.5. The lowest BCUT2D eigenvalue weighted by molar-refractivity contribution is -0.134. The van der Waals surface area contributed by atoms with Gasteiger partial charge < -0.3 is 29.2 Å². The lowest BCUT2D eigenvalue weighted by Crippen LogP contribution is -2.44. The molecule has 2 saturated heterocycles. The van der Waals surface area contributed by atoms with Crippen LogP contribution >= 0.6 is 0 Å². The molecule has 318 valence electrons. The Morgan fingerprint density at radius 1 is 0.741 bits per heavy atom. The molecule has 19 heteroatoms. The van der Waals surface area contributed by atoms with Crippen molar-refractivity contribution in [3.05, 3.63) is 68.0 Å². The Morgan fingerprint density at radius 2 is 1.28 bits per heavy atom. The first-order chi connectivity index (χ1) is 28.0. The highest BCUT2D eigenvalue weighted by Crippen LogP contribution is 2.30. The van der Waals surface area contributed by atoms with Gasteiger partial charge in [0.05, 0.1) is 62.9 Å². The number of rotatable bonds is 23. The number of carbonyl (C=O) groups is 2. The maximum Gasteiger partial charge on any atom is 0.330 e. The highest BCUT2D eigenvalue weighted by molar-refractivity contribution is 6.08. The largest absolute Gasteiger partial charge is 0.390 e. The molecule has 6 rings (SSSR count). The molecule has 2 amide bonds. The molecular weight excluding hydrogens is 754 g/mol. The van der Waals surface area contributed by atoms with E-state index in [1.807, 2.05) is 0 Å². The normalized spacial score (nSPS) is 24.8. The highest BCUT2D eigenvalue weighted by atomic mass is 16.5. The standard InChI is InChI=1S/C39H57N9O10/c1-25-15-29(38(53)40-36(25)51)32-16-30(49)33(57-32)21-46-19-27(42-44-46)23-55-13-11-9-7-5-3-4-6-8-10-12-14-56-24-28-20-47(45-43-28)22-34-31(50)17-35(58-34)48-18-26(2)37(52)41-39(48)54/h15,18-20,29-35,49-50H,3-14,16-17,21-24H2,1-2H3,(H,40,51,53)(H,41,52,54)/t29?,30?,31?,32-,33-,34-,35-/m1/s1. The van der Waals surface area contributed by atoms with Crippen molar-refractivity contribution < 1.29 is 38.7 Å². The summed E-state index contributed by atoms with van der Waals surface area (Å²) in [5, 5.41) is 40.0. The van der Waals surface area contributed by atoms with Crippen LogP contribution in [0.3, 0.4) is 0 Å². The third-order valence-electron chi connectivity index (χ3n) is 10.9. The van der Waals surface area contributed by atoms with Gasteiger partial charge in [-0.05, 0) is 26.7 Å². The first-order valence-corrected chi connectivity index (χ1v) is 20.5. The van der Waals surface area contributed by atoms with E-state index in [-0.39, 0.29) is 13.0 Å². The lowest BCUT2D eigenvalue weighted by Gasteiger charge is -2.23. The molecule has 7 atom stereocenters. The zero-order chi connectivity index (χ0) is 41.0. The summed E-state index contributed by atoms with van der Waals surface area (Å²) in [6.07, 6.45) is 14.7. The molecule has 19 nitrogen and oxygen atoms in total. The van der Waals surface area contributed by atoms with Crippen molar-refractivity contribution in [2.24, 2.45) is 5.92 Å². The van der Waals surface area contributed by atoms with Gasteiger partial charge in [-0.1, -0.05) is 67.9 Å². The van der Waals surface area contributed by atoms with Crippen molar-refractivity contribution in [3.63, 3.8) is 0 Å². The molecule has 58 heavy (non-hydrogen) atoms. The zero-order valence-corrected chi connectivity index (χ0v) is 33.4. The van der Waals surface area contributed by atoms with Gasteiger partial charge in [0.2, 0.25) is 5.91 Å². The summed E-state index contributed by atoms with van der Waals surface area (Å²) in [6.45, 7) is 5.85. The number of unbranched alkanes of at least 4 members (excludes halogenated alkanes) is 9. The van der Waals surface area contributed by atoms with Gasteiger partial charge in [0.25, 0.3) is 11.5 Å². The van der Waals surface area contributed by atoms with Crippen molar-refractivity contribution in [1.82, 2.24) is 44.9 Å². The molecule has 6 heterocycles. The molecule has 3 aliphatic rings. The number of aliphatic hydroxyl groups is 2. The fraction of sp³-hybridized carbons (Fsp3) is 0.692. The van der Waals surface area contributed by atoms with Crippen LogP contribution in [0.1, 0.15) is 107 Å². The second-order valence-corrected chi connectivity index (χ2v) is 15.6. The summed E-state index contributed by atoms with van der Waals surface area (Å²) in [5.41, 5.74) is 1.23. The Balaban J connectivity index is 0.725. The number of hydrogen-bond acceptors (Lipinski definition) is 14. The van der Waals surface area contributed by atoms with Crippen molar-refractivity contribution in [3.8, 4) is 0 Å². The van der Waals surface area contributed by atoms with Crippen LogP contribution in [0.25, 0.3) is 0 Å². The number of imide groups is 1. The molecule has 2 fully saturated rings. The monoisotopic (exact) mass is 811 g/mol. The van der Waals surface area contributed by atoms with E-state index in [1.165, 1.54) is 49.3 Å². The Bertz CT molecular complexity index is 1960. The third-order valence-corrected chi connectivity index (χ3v) is 10.9. The summed E-state index contributed by atoms with van der Waals surface area (Å²) in [5.74, 6) is -1.43. The quantitative estimate of drug-likeness (QED) is 0.0789. The molecule has 3 aromatic heterocycles. The Hall–Kier alpha value is -4.40. The van der Waals surface area contributed by atoms with Crippen LogP contribution in [-0.4, -0.2) is 105 Å². The van der Waals surface area contributed by atoms with Crippen LogP contribution in [-0.2, 0) is 54.8 Å². The number of ether oxygens (including phenoxy) is 4. The van der Waals surface area contributed by atoms with Gasteiger partial charge >= 0.3 is 5.69 Å². The fourth-order valence-corrected chi connectivity index (χ4v) is 7.53. The third kappa shape index (κ3) is 12.1. The van der Waals surface area contributed by atoms with Gasteiger partial charge in [0, 0.05) is 43.4 Å². The Kier molecular flexibility index (Phi) is 15.7. The minimum atomic E-state index is -0.800. The van der Waals surface area contributed by atoms with E-state index in [2.05, 4.69) is 30.9 Å². The fourth-order valence-electron chi connectivity index (χ4n) is 7.53. The van der Waals surface area contributed by atoms with E-state index in [9.17, 15) is 29.4 Å². The second kappa shape index (κ2) is 21.0. The van der Waals surface area contributed by atoms with Crippen LogP contribution in [0.15, 0.2) is 39.8 Å². The zero-order valence-electron chi connectivity index (χ0n) is 33.4. The number of aromatic nitrogens is 8.